The fraction of sp³-hybridized carbons (Fsp3) is 0.278. The van der Waals surface area contributed by atoms with Crippen molar-refractivity contribution in [1.29, 1.82) is 0 Å². The van der Waals surface area contributed by atoms with E-state index in [0.29, 0.717) is 12.8 Å². The number of aliphatic carboxylic acids is 1. The van der Waals surface area contributed by atoms with Crippen molar-refractivity contribution in [3.05, 3.63) is 70.8 Å². The first-order valence-corrected chi connectivity index (χ1v) is 7.00. The number of carbonyl (C=O) groups is 1. The summed E-state index contributed by atoms with van der Waals surface area (Å²) in [4.78, 5) is 12.0. The Labute approximate surface area is 119 Å². The molecule has 0 aromatic heterocycles. The van der Waals surface area contributed by atoms with E-state index in [1.54, 1.807) is 0 Å². The highest BCUT2D eigenvalue weighted by molar-refractivity contribution is 5.83. The van der Waals surface area contributed by atoms with Crippen molar-refractivity contribution in [2.45, 2.75) is 31.6 Å². The van der Waals surface area contributed by atoms with Crippen LogP contribution in [0.3, 0.4) is 0 Å². The van der Waals surface area contributed by atoms with Crippen LogP contribution in [0.25, 0.3) is 0 Å². The lowest BCUT2D eigenvalue weighted by atomic mass is 9.76. The molecule has 0 amide bonds. The lowest BCUT2D eigenvalue weighted by Crippen LogP contribution is -2.36. The topological polar surface area (TPSA) is 37.3 Å². The number of benzene rings is 2. The predicted octanol–water partition coefficient (Wildman–Crippen LogP) is 3.51. The maximum absolute atomic E-state index is 12.0. The second-order valence-corrected chi connectivity index (χ2v) is 5.65. The summed E-state index contributed by atoms with van der Waals surface area (Å²) in [5.74, 6) is -0.703. The first-order chi connectivity index (χ1) is 9.63. The maximum Gasteiger partial charge on any atom is 0.314 e. The summed E-state index contributed by atoms with van der Waals surface area (Å²) < 4.78 is 0. The minimum Gasteiger partial charge on any atom is -0.481 e. The average Bonchev–Trinajstić information content (AvgIpc) is 2.82. The van der Waals surface area contributed by atoms with Gasteiger partial charge in [0.2, 0.25) is 0 Å². The second kappa shape index (κ2) is 4.78. The molecule has 1 aliphatic carbocycles. The minimum absolute atomic E-state index is 0.575. The van der Waals surface area contributed by atoms with Gasteiger partial charge in [0.05, 0.1) is 5.41 Å². The molecule has 0 saturated heterocycles. The minimum atomic E-state index is -0.761. The lowest BCUT2D eigenvalue weighted by Gasteiger charge is -2.26. The average molecular weight is 266 g/mol. The van der Waals surface area contributed by atoms with Gasteiger partial charge in [-0.15, -0.1) is 0 Å². The highest BCUT2D eigenvalue weighted by Gasteiger charge is 2.45. The number of hydrogen-bond donors (Lipinski definition) is 1. The van der Waals surface area contributed by atoms with Gasteiger partial charge in [-0.2, -0.15) is 0 Å². The Kier molecular flexibility index (Phi) is 3.09. The van der Waals surface area contributed by atoms with Crippen molar-refractivity contribution in [2.24, 2.45) is 0 Å². The number of aryl methyl sites for hydroxylation is 2. The molecular formula is C18H18O2. The number of fused-ring (bicyclic) bond motifs is 1. The Morgan fingerprint density at radius 3 is 2.60 bits per heavy atom. The quantitative estimate of drug-likeness (QED) is 0.923. The molecule has 0 spiro atoms. The number of carboxylic acids is 1. The van der Waals surface area contributed by atoms with Crippen molar-refractivity contribution >= 4 is 5.97 Å². The van der Waals surface area contributed by atoms with Crippen LogP contribution in [0.1, 0.15) is 28.7 Å². The molecule has 1 atom stereocenters. The third kappa shape index (κ3) is 1.92. The summed E-state index contributed by atoms with van der Waals surface area (Å²) in [5.41, 5.74) is 3.71. The molecule has 2 nitrogen and oxygen atoms in total. The Morgan fingerprint density at radius 1 is 1.15 bits per heavy atom. The smallest absolute Gasteiger partial charge is 0.314 e. The van der Waals surface area contributed by atoms with Gasteiger partial charge in [-0.3, -0.25) is 4.79 Å². The van der Waals surface area contributed by atoms with Crippen LogP contribution in [-0.2, 0) is 23.1 Å². The van der Waals surface area contributed by atoms with Gasteiger partial charge in [-0.25, -0.2) is 0 Å². The monoisotopic (exact) mass is 266 g/mol. The molecule has 0 fully saturated rings. The van der Waals surface area contributed by atoms with Gasteiger partial charge in [-0.1, -0.05) is 48.5 Å². The Balaban J connectivity index is 2.08. The molecular weight excluding hydrogens is 248 g/mol. The highest BCUT2D eigenvalue weighted by atomic mass is 16.4. The van der Waals surface area contributed by atoms with Crippen LogP contribution >= 0.6 is 0 Å². The molecule has 102 valence electrons. The summed E-state index contributed by atoms with van der Waals surface area (Å²) in [6.45, 7) is 2.05. The standard InChI is InChI=1S/C18H18O2/c1-13-6-2-3-8-15(13)12-18(17(19)20)11-10-14-7-4-5-9-16(14)18/h2-9H,10-12H2,1H3,(H,19,20). The highest BCUT2D eigenvalue weighted by Crippen LogP contribution is 2.42. The molecule has 1 N–H and O–H groups in total. The molecule has 1 unspecified atom stereocenters. The van der Waals surface area contributed by atoms with Crippen molar-refractivity contribution in [3.8, 4) is 0 Å². The van der Waals surface area contributed by atoms with E-state index >= 15 is 0 Å². The van der Waals surface area contributed by atoms with Gasteiger partial charge >= 0.3 is 5.97 Å². The van der Waals surface area contributed by atoms with Crippen molar-refractivity contribution in [2.75, 3.05) is 0 Å². The van der Waals surface area contributed by atoms with Crippen LogP contribution in [0, 0.1) is 6.92 Å². The number of carboxylic acid groups (broad SMARTS) is 1. The van der Waals surface area contributed by atoms with Crippen molar-refractivity contribution in [1.82, 2.24) is 0 Å². The van der Waals surface area contributed by atoms with Crippen molar-refractivity contribution in [3.63, 3.8) is 0 Å². The Hall–Kier alpha value is -2.09. The van der Waals surface area contributed by atoms with E-state index in [-0.39, 0.29) is 0 Å². The molecule has 3 rings (SSSR count). The van der Waals surface area contributed by atoms with Crippen molar-refractivity contribution < 1.29 is 9.90 Å². The summed E-state index contributed by atoms with van der Waals surface area (Å²) in [5, 5.41) is 9.86. The summed E-state index contributed by atoms with van der Waals surface area (Å²) >= 11 is 0. The molecule has 0 heterocycles. The van der Waals surface area contributed by atoms with Crippen LogP contribution < -0.4 is 0 Å². The first-order valence-electron chi connectivity index (χ1n) is 7.00. The van der Waals surface area contributed by atoms with Crippen LogP contribution in [0.15, 0.2) is 48.5 Å². The molecule has 2 aromatic carbocycles. The Bertz CT molecular complexity index is 660. The maximum atomic E-state index is 12.0. The zero-order chi connectivity index (χ0) is 14.2. The van der Waals surface area contributed by atoms with Gasteiger partial charge in [0, 0.05) is 0 Å². The SMILES string of the molecule is Cc1ccccc1CC1(C(=O)O)CCc2ccccc21. The molecule has 2 aromatic rings. The van der Waals surface area contributed by atoms with E-state index in [9.17, 15) is 9.90 Å². The summed E-state index contributed by atoms with van der Waals surface area (Å²) in [7, 11) is 0. The van der Waals surface area contributed by atoms with Crippen LogP contribution in [0.4, 0.5) is 0 Å². The third-order valence-electron chi connectivity index (χ3n) is 4.52. The molecule has 0 aliphatic heterocycles. The van der Waals surface area contributed by atoms with Gasteiger partial charge in [0.25, 0.3) is 0 Å². The first kappa shape index (κ1) is 12.9. The third-order valence-corrected chi connectivity index (χ3v) is 4.52. The number of rotatable bonds is 3. The van der Waals surface area contributed by atoms with E-state index in [4.69, 9.17) is 0 Å². The van der Waals surface area contributed by atoms with Crippen LogP contribution in [0.2, 0.25) is 0 Å². The molecule has 20 heavy (non-hydrogen) atoms. The second-order valence-electron chi connectivity index (χ2n) is 5.65. The summed E-state index contributed by atoms with van der Waals surface area (Å²) in [6, 6.07) is 16.0. The van der Waals surface area contributed by atoms with E-state index in [1.807, 2.05) is 49.4 Å². The summed E-state index contributed by atoms with van der Waals surface area (Å²) in [6.07, 6.45) is 2.12. The predicted molar refractivity (Wildman–Crippen MR) is 79.0 cm³/mol. The fourth-order valence-corrected chi connectivity index (χ4v) is 3.30. The molecule has 2 heteroatoms. The molecule has 1 aliphatic rings. The lowest BCUT2D eigenvalue weighted by molar-refractivity contribution is -0.143. The zero-order valence-corrected chi connectivity index (χ0v) is 11.6. The Morgan fingerprint density at radius 2 is 1.85 bits per heavy atom. The van der Waals surface area contributed by atoms with E-state index in [0.717, 1.165) is 23.1 Å². The van der Waals surface area contributed by atoms with Gasteiger partial charge in [0.1, 0.15) is 0 Å². The normalized spacial score (nSPS) is 20.6. The zero-order valence-electron chi connectivity index (χ0n) is 11.6. The fourth-order valence-electron chi connectivity index (χ4n) is 3.30. The van der Waals surface area contributed by atoms with Gasteiger partial charge in [-0.05, 0) is 48.4 Å². The van der Waals surface area contributed by atoms with E-state index in [1.165, 1.54) is 5.56 Å². The van der Waals surface area contributed by atoms with E-state index in [2.05, 4.69) is 6.07 Å². The molecule has 0 radical (unpaired) electrons. The van der Waals surface area contributed by atoms with Gasteiger partial charge in [0.15, 0.2) is 0 Å². The number of hydrogen-bond acceptors (Lipinski definition) is 1. The molecule has 0 bridgehead atoms. The van der Waals surface area contributed by atoms with Crippen LogP contribution in [-0.4, -0.2) is 11.1 Å². The molecule has 0 saturated carbocycles. The largest absolute Gasteiger partial charge is 0.481 e. The van der Waals surface area contributed by atoms with E-state index < -0.39 is 11.4 Å². The van der Waals surface area contributed by atoms with Crippen LogP contribution in [0.5, 0.6) is 0 Å². The van der Waals surface area contributed by atoms with Gasteiger partial charge < -0.3 is 5.11 Å².